The van der Waals surface area contributed by atoms with Crippen LogP contribution < -0.4 is 11.1 Å². The van der Waals surface area contributed by atoms with Crippen LogP contribution in [-0.4, -0.2) is 11.5 Å². The molecule has 0 radical (unpaired) electrons. The molecular formula is C14H14N4. The Morgan fingerprint density at radius 2 is 2.00 bits per heavy atom. The monoisotopic (exact) mass is 238 g/mol. The molecule has 0 unspecified atom stereocenters. The van der Waals surface area contributed by atoms with Crippen molar-refractivity contribution in [1.82, 2.24) is 4.98 Å². The van der Waals surface area contributed by atoms with Crippen LogP contribution in [0, 0.1) is 11.3 Å². The number of pyridine rings is 1. The van der Waals surface area contributed by atoms with Crippen LogP contribution in [0.15, 0.2) is 42.6 Å². The highest BCUT2D eigenvalue weighted by molar-refractivity contribution is 5.68. The molecule has 4 heteroatoms. The molecule has 1 aromatic heterocycles. The van der Waals surface area contributed by atoms with Gasteiger partial charge in [-0.05, 0) is 18.1 Å². The zero-order valence-electron chi connectivity index (χ0n) is 9.93. The zero-order chi connectivity index (χ0) is 12.8. The summed E-state index contributed by atoms with van der Waals surface area (Å²) in [6, 6.07) is 13.8. The molecule has 3 N–H and O–H groups in total. The normalized spacial score (nSPS) is 9.72. The summed E-state index contributed by atoms with van der Waals surface area (Å²) in [6.07, 6.45) is 2.47. The van der Waals surface area contributed by atoms with Crippen molar-refractivity contribution in [3.05, 3.63) is 53.7 Å². The van der Waals surface area contributed by atoms with Crippen molar-refractivity contribution in [2.24, 2.45) is 0 Å². The van der Waals surface area contributed by atoms with Crippen molar-refractivity contribution >= 4 is 11.5 Å². The Morgan fingerprint density at radius 3 is 2.72 bits per heavy atom. The highest BCUT2D eigenvalue weighted by Crippen LogP contribution is 2.18. The summed E-state index contributed by atoms with van der Waals surface area (Å²) in [6.45, 7) is 0.732. The molecule has 0 amide bonds. The minimum Gasteiger partial charge on any atom is -0.395 e. The van der Waals surface area contributed by atoms with E-state index in [1.165, 1.54) is 5.56 Å². The van der Waals surface area contributed by atoms with Gasteiger partial charge in [-0.25, -0.2) is 4.98 Å². The second kappa shape index (κ2) is 5.69. The number of rotatable bonds is 4. The molecule has 0 spiro atoms. The molecule has 1 aromatic carbocycles. The average Bonchev–Trinajstić information content (AvgIpc) is 2.42. The van der Waals surface area contributed by atoms with Gasteiger partial charge in [0.05, 0.1) is 11.3 Å². The topological polar surface area (TPSA) is 74.7 Å². The van der Waals surface area contributed by atoms with Gasteiger partial charge in [-0.15, -0.1) is 0 Å². The lowest BCUT2D eigenvalue weighted by atomic mass is 10.1. The van der Waals surface area contributed by atoms with Crippen LogP contribution in [0.4, 0.5) is 11.5 Å². The molecule has 0 aliphatic carbocycles. The van der Waals surface area contributed by atoms with Gasteiger partial charge in [0.25, 0.3) is 0 Å². The van der Waals surface area contributed by atoms with Crippen LogP contribution in [0.1, 0.15) is 11.1 Å². The first-order valence-electron chi connectivity index (χ1n) is 5.73. The summed E-state index contributed by atoms with van der Waals surface area (Å²) in [7, 11) is 0. The molecule has 18 heavy (non-hydrogen) atoms. The first-order valence-corrected chi connectivity index (χ1v) is 5.73. The molecule has 2 rings (SSSR count). The number of hydrogen-bond acceptors (Lipinski definition) is 4. The quantitative estimate of drug-likeness (QED) is 0.856. The van der Waals surface area contributed by atoms with E-state index < -0.39 is 0 Å². The lowest BCUT2D eigenvalue weighted by Gasteiger charge is -2.08. The molecule has 0 saturated heterocycles. The first-order chi connectivity index (χ1) is 8.81. The summed E-state index contributed by atoms with van der Waals surface area (Å²) < 4.78 is 0. The van der Waals surface area contributed by atoms with E-state index in [-0.39, 0.29) is 0 Å². The summed E-state index contributed by atoms with van der Waals surface area (Å²) in [4.78, 5) is 4.13. The minimum atomic E-state index is 0.410. The summed E-state index contributed by atoms with van der Waals surface area (Å²) >= 11 is 0. The van der Waals surface area contributed by atoms with Crippen LogP contribution in [-0.2, 0) is 6.42 Å². The fourth-order valence-electron chi connectivity index (χ4n) is 1.68. The first kappa shape index (κ1) is 11.9. The van der Waals surface area contributed by atoms with E-state index in [1.54, 1.807) is 12.3 Å². The lowest BCUT2D eigenvalue weighted by Crippen LogP contribution is -2.09. The fourth-order valence-corrected chi connectivity index (χ4v) is 1.68. The number of aromatic nitrogens is 1. The highest BCUT2D eigenvalue weighted by atomic mass is 15.0. The SMILES string of the molecule is N#Cc1ccnc(NCCc2ccccc2)c1N. The zero-order valence-corrected chi connectivity index (χ0v) is 9.93. The molecule has 2 aromatic rings. The largest absolute Gasteiger partial charge is 0.395 e. The van der Waals surface area contributed by atoms with Crippen molar-refractivity contribution in [2.45, 2.75) is 6.42 Å². The molecule has 0 aliphatic heterocycles. The van der Waals surface area contributed by atoms with Crippen molar-refractivity contribution in [3.63, 3.8) is 0 Å². The standard InChI is InChI=1S/C14H14N4/c15-10-12-7-9-18-14(13(12)16)17-8-6-11-4-2-1-3-5-11/h1-5,7,9H,6,8,16H2,(H,17,18). The number of nitrogens with one attached hydrogen (secondary N) is 1. The van der Waals surface area contributed by atoms with Gasteiger partial charge in [0.2, 0.25) is 0 Å². The van der Waals surface area contributed by atoms with Gasteiger partial charge in [-0.3, -0.25) is 0 Å². The van der Waals surface area contributed by atoms with E-state index in [0.29, 0.717) is 17.1 Å². The molecule has 90 valence electrons. The number of benzene rings is 1. The maximum atomic E-state index is 8.86. The van der Waals surface area contributed by atoms with Crippen LogP contribution >= 0.6 is 0 Å². The molecular weight excluding hydrogens is 224 g/mol. The number of nitrogens with zero attached hydrogens (tertiary/aromatic N) is 2. The molecule has 0 saturated carbocycles. The minimum absolute atomic E-state index is 0.410. The molecule has 4 nitrogen and oxygen atoms in total. The third-order valence-electron chi connectivity index (χ3n) is 2.66. The van der Waals surface area contributed by atoms with Crippen molar-refractivity contribution in [1.29, 1.82) is 5.26 Å². The molecule has 0 atom stereocenters. The number of nitriles is 1. The second-order valence-corrected chi connectivity index (χ2v) is 3.89. The van der Waals surface area contributed by atoms with Gasteiger partial charge in [0.1, 0.15) is 6.07 Å². The Bertz CT molecular complexity index is 558. The predicted octanol–water partition coefficient (Wildman–Crippen LogP) is 2.19. The van der Waals surface area contributed by atoms with Gasteiger partial charge in [0.15, 0.2) is 5.82 Å². The summed E-state index contributed by atoms with van der Waals surface area (Å²) in [5.41, 5.74) is 7.94. The van der Waals surface area contributed by atoms with Crippen LogP contribution in [0.2, 0.25) is 0 Å². The van der Waals surface area contributed by atoms with Crippen molar-refractivity contribution in [2.75, 3.05) is 17.6 Å². The van der Waals surface area contributed by atoms with Gasteiger partial charge in [-0.1, -0.05) is 30.3 Å². The van der Waals surface area contributed by atoms with Gasteiger partial charge >= 0.3 is 0 Å². The second-order valence-electron chi connectivity index (χ2n) is 3.89. The molecule has 0 aliphatic rings. The van der Waals surface area contributed by atoms with Gasteiger partial charge in [0, 0.05) is 12.7 Å². The van der Waals surface area contributed by atoms with E-state index in [0.717, 1.165) is 13.0 Å². The Balaban J connectivity index is 1.97. The van der Waals surface area contributed by atoms with E-state index in [4.69, 9.17) is 11.0 Å². The van der Waals surface area contributed by atoms with E-state index in [2.05, 4.69) is 22.4 Å². The van der Waals surface area contributed by atoms with Crippen LogP contribution in [0.3, 0.4) is 0 Å². The lowest BCUT2D eigenvalue weighted by molar-refractivity contribution is 1.01. The van der Waals surface area contributed by atoms with E-state index in [9.17, 15) is 0 Å². The molecule has 1 heterocycles. The Kier molecular flexibility index (Phi) is 3.77. The van der Waals surface area contributed by atoms with Crippen molar-refractivity contribution < 1.29 is 0 Å². The van der Waals surface area contributed by atoms with Crippen LogP contribution in [0.5, 0.6) is 0 Å². The highest BCUT2D eigenvalue weighted by Gasteiger charge is 2.04. The number of nitrogens with two attached hydrogens (primary N) is 1. The van der Waals surface area contributed by atoms with Gasteiger partial charge < -0.3 is 11.1 Å². The number of nitrogen functional groups attached to an aromatic ring is 1. The van der Waals surface area contributed by atoms with Crippen LogP contribution in [0.25, 0.3) is 0 Å². The smallest absolute Gasteiger partial charge is 0.150 e. The van der Waals surface area contributed by atoms with E-state index in [1.807, 2.05) is 24.3 Å². The summed E-state index contributed by atoms with van der Waals surface area (Å²) in [5.74, 6) is 0.574. The maximum absolute atomic E-state index is 8.86. The molecule has 0 fully saturated rings. The van der Waals surface area contributed by atoms with E-state index >= 15 is 0 Å². The van der Waals surface area contributed by atoms with Crippen molar-refractivity contribution in [3.8, 4) is 6.07 Å². The predicted molar refractivity (Wildman–Crippen MR) is 72.0 cm³/mol. The third-order valence-corrected chi connectivity index (χ3v) is 2.66. The fraction of sp³-hybridized carbons (Fsp3) is 0.143. The Morgan fingerprint density at radius 1 is 1.22 bits per heavy atom. The third kappa shape index (κ3) is 2.77. The van der Waals surface area contributed by atoms with Gasteiger partial charge in [-0.2, -0.15) is 5.26 Å². The number of hydrogen-bond donors (Lipinski definition) is 2. The summed E-state index contributed by atoms with van der Waals surface area (Å²) in [5, 5.41) is 12.0. The maximum Gasteiger partial charge on any atom is 0.150 e. The average molecular weight is 238 g/mol. The Labute approximate surface area is 106 Å². The molecule has 0 bridgehead atoms. The number of anilines is 2. The Hall–Kier alpha value is -2.54.